The molecule has 1 aromatic rings. The van der Waals surface area contributed by atoms with Gasteiger partial charge in [0, 0.05) is 18.0 Å². The summed E-state index contributed by atoms with van der Waals surface area (Å²) in [5, 5.41) is 2.50. The van der Waals surface area contributed by atoms with E-state index in [0.29, 0.717) is 24.3 Å². The molecule has 0 radical (unpaired) electrons. The fourth-order valence-corrected chi connectivity index (χ4v) is 1.71. The largest absolute Gasteiger partial charge is 0.416 e. The van der Waals surface area contributed by atoms with Crippen molar-refractivity contribution in [3.63, 3.8) is 0 Å². The molecule has 0 bridgehead atoms. The highest BCUT2D eigenvalue weighted by atomic mass is 35.5. The van der Waals surface area contributed by atoms with Crippen LogP contribution in [-0.4, -0.2) is 11.8 Å². The Morgan fingerprint density at radius 3 is 2.58 bits per heavy atom. The lowest BCUT2D eigenvalue weighted by Crippen LogP contribution is -2.13. The SMILES string of the molecule is Cc1ccc(C(F)(F)F)cc1NC(=O)CCCCCl. The summed E-state index contributed by atoms with van der Waals surface area (Å²) in [5.41, 5.74) is 0.0264. The summed E-state index contributed by atoms with van der Waals surface area (Å²) in [6.07, 6.45) is -2.84. The fourth-order valence-electron chi connectivity index (χ4n) is 1.53. The van der Waals surface area contributed by atoms with Crippen LogP contribution in [0, 0.1) is 6.92 Å². The van der Waals surface area contributed by atoms with Gasteiger partial charge in [-0.2, -0.15) is 13.2 Å². The number of rotatable bonds is 5. The first-order chi connectivity index (χ1) is 8.84. The van der Waals surface area contributed by atoms with Crippen LogP contribution in [-0.2, 0) is 11.0 Å². The minimum absolute atomic E-state index is 0.200. The maximum Gasteiger partial charge on any atom is 0.416 e. The molecule has 1 amide bonds. The van der Waals surface area contributed by atoms with Crippen LogP contribution in [0.5, 0.6) is 0 Å². The third kappa shape index (κ3) is 5.11. The van der Waals surface area contributed by atoms with Crippen LogP contribution in [0.2, 0.25) is 0 Å². The topological polar surface area (TPSA) is 29.1 Å². The van der Waals surface area contributed by atoms with Crippen LogP contribution in [0.1, 0.15) is 30.4 Å². The average molecular weight is 294 g/mol. The highest BCUT2D eigenvalue weighted by molar-refractivity contribution is 6.17. The molecule has 0 spiro atoms. The van der Waals surface area contributed by atoms with E-state index in [-0.39, 0.29) is 18.0 Å². The van der Waals surface area contributed by atoms with Gasteiger partial charge in [-0.1, -0.05) is 6.07 Å². The van der Waals surface area contributed by atoms with Gasteiger partial charge in [0.25, 0.3) is 0 Å². The summed E-state index contributed by atoms with van der Waals surface area (Å²) in [4.78, 5) is 11.6. The van der Waals surface area contributed by atoms with Gasteiger partial charge >= 0.3 is 6.18 Å². The molecule has 2 nitrogen and oxygen atoms in total. The average Bonchev–Trinajstić information content (AvgIpc) is 2.31. The second-order valence-corrected chi connectivity index (χ2v) is 4.60. The third-order valence-electron chi connectivity index (χ3n) is 2.63. The molecule has 1 rings (SSSR count). The monoisotopic (exact) mass is 293 g/mol. The number of halogens is 4. The van der Waals surface area contributed by atoms with E-state index < -0.39 is 11.7 Å². The molecule has 0 heterocycles. The Morgan fingerprint density at radius 1 is 1.32 bits per heavy atom. The smallest absolute Gasteiger partial charge is 0.326 e. The van der Waals surface area contributed by atoms with Crippen molar-refractivity contribution >= 4 is 23.2 Å². The van der Waals surface area contributed by atoms with Crippen molar-refractivity contribution in [1.82, 2.24) is 0 Å². The first-order valence-electron chi connectivity index (χ1n) is 5.88. The summed E-state index contributed by atoms with van der Waals surface area (Å²) in [7, 11) is 0. The van der Waals surface area contributed by atoms with Gasteiger partial charge in [0.1, 0.15) is 0 Å². The Labute approximate surface area is 114 Å². The lowest BCUT2D eigenvalue weighted by Gasteiger charge is -2.12. The molecule has 106 valence electrons. The van der Waals surface area contributed by atoms with Crippen LogP contribution in [0.25, 0.3) is 0 Å². The molecule has 0 atom stereocenters. The van der Waals surface area contributed by atoms with Crippen molar-refractivity contribution in [2.75, 3.05) is 11.2 Å². The van der Waals surface area contributed by atoms with E-state index in [1.807, 2.05) is 0 Å². The number of unbranched alkanes of at least 4 members (excludes halogenated alkanes) is 1. The molecule has 1 aromatic carbocycles. The number of carbonyl (C=O) groups is 1. The highest BCUT2D eigenvalue weighted by Crippen LogP contribution is 2.32. The number of hydrogen-bond acceptors (Lipinski definition) is 1. The summed E-state index contributed by atoms with van der Waals surface area (Å²) >= 11 is 5.48. The molecule has 6 heteroatoms. The quantitative estimate of drug-likeness (QED) is 0.634. The summed E-state index contributed by atoms with van der Waals surface area (Å²) in [6.45, 7) is 1.65. The number of amides is 1. The van der Waals surface area contributed by atoms with Crippen molar-refractivity contribution in [2.45, 2.75) is 32.4 Å². The Hall–Kier alpha value is -1.23. The lowest BCUT2D eigenvalue weighted by atomic mass is 10.1. The molecule has 0 fully saturated rings. The molecule has 0 aliphatic carbocycles. The minimum Gasteiger partial charge on any atom is -0.326 e. The zero-order valence-corrected chi connectivity index (χ0v) is 11.2. The van der Waals surface area contributed by atoms with Gasteiger partial charge in [-0.3, -0.25) is 4.79 Å². The van der Waals surface area contributed by atoms with Crippen molar-refractivity contribution < 1.29 is 18.0 Å². The van der Waals surface area contributed by atoms with Gasteiger partial charge < -0.3 is 5.32 Å². The van der Waals surface area contributed by atoms with Crippen LogP contribution < -0.4 is 5.32 Å². The molecule has 0 saturated heterocycles. The Morgan fingerprint density at radius 2 is 2.00 bits per heavy atom. The number of nitrogens with one attached hydrogen (secondary N) is 1. The first-order valence-corrected chi connectivity index (χ1v) is 6.41. The van der Waals surface area contributed by atoms with Crippen LogP contribution in [0.3, 0.4) is 0 Å². The molecule has 0 saturated carbocycles. The number of benzene rings is 1. The zero-order chi connectivity index (χ0) is 14.5. The molecule has 0 aliphatic heterocycles. The maximum atomic E-state index is 12.6. The number of anilines is 1. The van der Waals surface area contributed by atoms with E-state index in [1.54, 1.807) is 6.92 Å². The molecule has 19 heavy (non-hydrogen) atoms. The molecule has 1 N–H and O–H groups in total. The van der Waals surface area contributed by atoms with E-state index in [1.165, 1.54) is 6.07 Å². The molecule has 0 aromatic heterocycles. The van der Waals surface area contributed by atoms with Gasteiger partial charge in [0.15, 0.2) is 0 Å². The number of hydrogen-bond donors (Lipinski definition) is 1. The molecular formula is C13H15ClF3NO. The van der Waals surface area contributed by atoms with Crippen molar-refractivity contribution in [3.8, 4) is 0 Å². The third-order valence-corrected chi connectivity index (χ3v) is 2.89. The van der Waals surface area contributed by atoms with Crippen LogP contribution in [0.15, 0.2) is 18.2 Å². The van der Waals surface area contributed by atoms with Gasteiger partial charge in [-0.05, 0) is 37.5 Å². The number of aryl methyl sites for hydroxylation is 1. The number of carbonyl (C=O) groups excluding carboxylic acids is 1. The molecule has 0 aliphatic rings. The Kier molecular flexibility index (Phi) is 5.66. The van der Waals surface area contributed by atoms with Gasteiger partial charge in [0.05, 0.1) is 5.56 Å². The standard InChI is InChI=1S/C13H15ClF3NO/c1-9-5-6-10(13(15,16)17)8-11(9)18-12(19)4-2-3-7-14/h5-6,8H,2-4,7H2,1H3,(H,18,19). The fraction of sp³-hybridized carbons (Fsp3) is 0.462. The van der Waals surface area contributed by atoms with Gasteiger partial charge in [0.2, 0.25) is 5.91 Å². The van der Waals surface area contributed by atoms with Crippen molar-refractivity contribution in [3.05, 3.63) is 29.3 Å². The van der Waals surface area contributed by atoms with E-state index in [9.17, 15) is 18.0 Å². The second-order valence-electron chi connectivity index (χ2n) is 4.22. The summed E-state index contributed by atoms with van der Waals surface area (Å²) in [6, 6.07) is 3.30. The summed E-state index contributed by atoms with van der Waals surface area (Å²) in [5.74, 6) is 0.170. The van der Waals surface area contributed by atoms with Crippen LogP contribution in [0.4, 0.5) is 18.9 Å². The van der Waals surface area contributed by atoms with E-state index in [4.69, 9.17) is 11.6 Å². The number of alkyl halides is 4. The van der Waals surface area contributed by atoms with Gasteiger partial charge in [-0.25, -0.2) is 0 Å². The maximum absolute atomic E-state index is 12.6. The zero-order valence-electron chi connectivity index (χ0n) is 10.5. The first kappa shape index (κ1) is 15.8. The van der Waals surface area contributed by atoms with Crippen molar-refractivity contribution in [1.29, 1.82) is 0 Å². The predicted octanol–water partition coefficient (Wildman–Crippen LogP) is 4.36. The van der Waals surface area contributed by atoms with E-state index in [2.05, 4.69) is 5.32 Å². The minimum atomic E-state index is -4.41. The highest BCUT2D eigenvalue weighted by Gasteiger charge is 2.30. The van der Waals surface area contributed by atoms with Crippen molar-refractivity contribution in [2.24, 2.45) is 0 Å². The van der Waals surface area contributed by atoms with Gasteiger partial charge in [-0.15, -0.1) is 11.6 Å². The Balaban J connectivity index is 2.74. The molecule has 0 unspecified atom stereocenters. The van der Waals surface area contributed by atoms with E-state index >= 15 is 0 Å². The lowest BCUT2D eigenvalue weighted by molar-refractivity contribution is -0.137. The van der Waals surface area contributed by atoms with E-state index in [0.717, 1.165) is 12.1 Å². The Bertz CT molecular complexity index is 446. The predicted molar refractivity (Wildman–Crippen MR) is 69.4 cm³/mol. The summed E-state index contributed by atoms with van der Waals surface area (Å²) < 4.78 is 37.7. The van der Waals surface area contributed by atoms with Crippen LogP contribution >= 0.6 is 11.6 Å². The molecular weight excluding hydrogens is 279 g/mol. The normalized spacial score (nSPS) is 11.4. The second kappa shape index (κ2) is 6.80.